The van der Waals surface area contributed by atoms with Gasteiger partial charge in [0.1, 0.15) is 12.6 Å². The zero-order valence-electron chi connectivity index (χ0n) is 23.4. The van der Waals surface area contributed by atoms with Crippen molar-refractivity contribution in [3.8, 4) is 0 Å². The second kappa shape index (κ2) is 14.4. The van der Waals surface area contributed by atoms with E-state index in [1.54, 1.807) is 62.4 Å². The third-order valence-corrected chi connectivity index (χ3v) is 9.26. The average Bonchev–Trinajstić information content (AvgIpc) is 2.93. The second-order valence-corrected chi connectivity index (χ2v) is 13.2. The molecule has 41 heavy (non-hydrogen) atoms. The minimum atomic E-state index is -4.19. The number of nitrogens with zero attached hydrogens (tertiary/aromatic N) is 2. The Hall–Kier alpha value is -2.78. The lowest BCUT2D eigenvalue weighted by Gasteiger charge is -2.33. The van der Waals surface area contributed by atoms with Crippen LogP contribution in [0, 0.1) is 12.8 Å². The molecule has 11 heteroatoms. The van der Waals surface area contributed by atoms with Crippen molar-refractivity contribution in [2.75, 3.05) is 17.4 Å². The summed E-state index contributed by atoms with van der Waals surface area (Å²) >= 11 is 18.9. The van der Waals surface area contributed by atoms with Crippen LogP contribution in [0.2, 0.25) is 15.1 Å². The zero-order chi connectivity index (χ0) is 30.3. The maximum atomic E-state index is 14.1. The lowest BCUT2D eigenvalue weighted by molar-refractivity contribution is -0.140. The normalized spacial score (nSPS) is 12.2. The van der Waals surface area contributed by atoms with E-state index in [9.17, 15) is 18.0 Å². The van der Waals surface area contributed by atoms with Gasteiger partial charge in [0.25, 0.3) is 10.0 Å². The molecule has 0 aliphatic heterocycles. The van der Waals surface area contributed by atoms with Crippen molar-refractivity contribution >= 4 is 62.3 Å². The standard InChI is InChI=1S/C30H34Cl3N3O4S/c1-5-28(30(38)34-17-20(2)3)35(18-22-12-13-23(31)15-27(22)33)29(37)19-36(24-14-11-21(4)26(32)16-24)41(39,40)25-9-7-6-8-10-25/h6-16,20,28H,5,17-19H2,1-4H3,(H,34,38)/t28-/m0/s1. The Balaban J connectivity index is 2.08. The minimum Gasteiger partial charge on any atom is -0.354 e. The second-order valence-electron chi connectivity index (χ2n) is 10.1. The van der Waals surface area contributed by atoms with Gasteiger partial charge in [0.15, 0.2) is 0 Å². The molecule has 0 heterocycles. The number of carbonyl (C=O) groups is 2. The molecule has 3 rings (SSSR count). The summed E-state index contributed by atoms with van der Waals surface area (Å²) in [6, 6.07) is 16.6. The molecule has 1 atom stereocenters. The molecule has 220 valence electrons. The summed E-state index contributed by atoms with van der Waals surface area (Å²) in [6.45, 7) is 7.35. The summed E-state index contributed by atoms with van der Waals surface area (Å²) in [4.78, 5) is 28.8. The van der Waals surface area contributed by atoms with Gasteiger partial charge in [-0.25, -0.2) is 8.42 Å². The van der Waals surface area contributed by atoms with Crippen LogP contribution in [-0.2, 0) is 26.2 Å². The number of amides is 2. The van der Waals surface area contributed by atoms with Crippen LogP contribution < -0.4 is 9.62 Å². The molecule has 2 amide bonds. The zero-order valence-corrected chi connectivity index (χ0v) is 26.5. The molecule has 0 radical (unpaired) electrons. The Morgan fingerprint density at radius 1 is 0.927 bits per heavy atom. The first-order chi connectivity index (χ1) is 19.3. The Bertz CT molecular complexity index is 1480. The van der Waals surface area contributed by atoms with Crippen LogP contribution in [0.4, 0.5) is 5.69 Å². The number of anilines is 1. The van der Waals surface area contributed by atoms with Gasteiger partial charge in [-0.2, -0.15) is 0 Å². The smallest absolute Gasteiger partial charge is 0.264 e. The van der Waals surface area contributed by atoms with Crippen molar-refractivity contribution in [1.82, 2.24) is 10.2 Å². The van der Waals surface area contributed by atoms with Crippen LogP contribution in [0.15, 0.2) is 71.6 Å². The number of hydrogen-bond donors (Lipinski definition) is 1. The van der Waals surface area contributed by atoms with Crippen molar-refractivity contribution in [3.05, 3.63) is 92.9 Å². The van der Waals surface area contributed by atoms with E-state index in [-0.39, 0.29) is 29.0 Å². The van der Waals surface area contributed by atoms with Crippen LogP contribution >= 0.6 is 34.8 Å². The number of rotatable bonds is 12. The topological polar surface area (TPSA) is 86.8 Å². The van der Waals surface area contributed by atoms with Crippen LogP contribution in [0.5, 0.6) is 0 Å². The van der Waals surface area contributed by atoms with Crippen molar-refractivity contribution in [1.29, 1.82) is 0 Å². The molecule has 0 unspecified atom stereocenters. The van der Waals surface area contributed by atoms with Gasteiger partial charge in [-0.05, 0) is 66.8 Å². The largest absolute Gasteiger partial charge is 0.354 e. The van der Waals surface area contributed by atoms with Crippen molar-refractivity contribution in [2.45, 2.75) is 51.6 Å². The molecule has 0 aliphatic carbocycles. The predicted octanol–water partition coefficient (Wildman–Crippen LogP) is 6.73. The summed E-state index contributed by atoms with van der Waals surface area (Å²) in [6.07, 6.45) is 0.294. The van der Waals surface area contributed by atoms with E-state index < -0.39 is 28.5 Å². The molecule has 7 nitrogen and oxygen atoms in total. The fraction of sp³-hybridized carbons (Fsp3) is 0.333. The highest BCUT2D eigenvalue weighted by Crippen LogP contribution is 2.29. The van der Waals surface area contributed by atoms with E-state index in [0.29, 0.717) is 33.6 Å². The van der Waals surface area contributed by atoms with E-state index in [0.717, 1.165) is 9.87 Å². The molecule has 0 aromatic heterocycles. The van der Waals surface area contributed by atoms with Crippen LogP contribution in [0.1, 0.15) is 38.3 Å². The van der Waals surface area contributed by atoms with Gasteiger partial charge >= 0.3 is 0 Å². The Kier molecular flexibility index (Phi) is 11.5. The number of hydrogen-bond acceptors (Lipinski definition) is 4. The summed E-state index contributed by atoms with van der Waals surface area (Å²) in [7, 11) is -4.19. The fourth-order valence-electron chi connectivity index (χ4n) is 4.16. The molecule has 0 fully saturated rings. The molecular weight excluding hydrogens is 605 g/mol. The van der Waals surface area contributed by atoms with E-state index >= 15 is 0 Å². The molecule has 3 aromatic carbocycles. The number of carbonyl (C=O) groups excluding carboxylic acids is 2. The van der Waals surface area contributed by atoms with Gasteiger partial charge in [-0.15, -0.1) is 0 Å². The van der Waals surface area contributed by atoms with Crippen LogP contribution in [-0.4, -0.2) is 44.3 Å². The summed E-state index contributed by atoms with van der Waals surface area (Å²) in [5.41, 5.74) is 1.54. The third-order valence-electron chi connectivity index (χ3n) is 6.48. The first-order valence-corrected chi connectivity index (χ1v) is 15.8. The third kappa shape index (κ3) is 8.38. The van der Waals surface area contributed by atoms with Crippen molar-refractivity contribution in [2.24, 2.45) is 5.92 Å². The Morgan fingerprint density at radius 2 is 1.61 bits per heavy atom. The van der Waals surface area contributed by atoms with Gasteiger partial charge < -0.3 is 10.2 Å². The quantitative estimate of drug-likeness (QED) is 0.238. The first-order valence-electron chi connectivity index (χ1n) is 13.2. The molecule has 1 N–H and O–H groups in total. The molecule has 0 saturated heterocycles. The summed E-state index contributed by atoms with van der Waals surface area (Å²) in [5.74, 6) is -0.724. The van der Waals surface area contributed by atoms with E-state index in [4.69, 9.17) is 34.8 Å². The SMILES string of the molecule is CC[C@@H](C(=O)NCC(C)C)N(Cc1ccc(Cl)cc1Cl)C(=O)CN(c1ccc(C)c(Cl)c1)S(=O)(=O)c1ccccc1. The minimum absolute atomic E-state index is 0.0125. The average molecular weight is 639 g/mol. The van der Waals surface area contributed by atoms with Crippen LogP contribution in [0.25, 0.3) is 0 Å². The van der Waals surface area contributed by atoms with Gasteiger partial charge in [0.2, 0.25) is 11.8 Å². The number of aryl methyl sites for hydroxylation is 1. The predicted molar refractivity (Wildman–Crippen MR) is 166 cm³/mol. The van der Waals surface area contributed by atoms with Gasteiger partial charge in [-0.3, -0.25) is 13.9 Å². The highest BCUT2D eigenvalue weighted by molar-refractivity contribution is 7.92. The van der Waals surface area contributed by atoms with Gasteiger partial charge in [-0.1, -0.05) is 85.9 Å². The lowest BCUT2D eigenvalue weighted by Crippen LogP contribution is -2.52. The highest BCUT2D eigenvalue weighted by atomic mass is 35.5. The van der Waals surface area contributed by atoms with Gasteiger partial charge in [0, 0.05) is 28.2 Å². The van der Waals surface area contributed by atoms with Crippen LogP contribution in [0.3, 0.4) is 0 Å². The molecule has 3 aromatic rings. The number of nitrogens with one attached hydrogen (secondary N) is 1. The molecule has 0 aliphatic rings. The van der Waals surface area contributed by atoms with Crippen molar-refractivity contribution < 1.29 is 18.0 Å². The van der Waals surface area contributed by atoms with E-state index in [1.165, 1.54) is 23.1 Å². The lowest BCUT2D eigenvalue weighted by atomic mass is 10.1. The molecule has 0 saturated carbocycles. The van der Waals surface area contributed by atoms with E-state index in [1.807, 2.05) is 13.8 Å². The fourth-order valence-corrected chi connectivity index (χ4v) is 6.23. The summed E-state index contributed by atoms with van der Waals surface area (Å²) < 4.78 is 28.8. The highest BCUT2D eigenvalue weighted by Gasteiger charge is 2.34. The maximum Gasteiger partial charge on any atom is 0.264 e. The Labute approximate surface area is 257 Å². The van der Waals surface area contributed by atoms with Gasteiger partial charge in [0.05, 0.1) is 10.6 Å². The van der Waals surface area contributed by atoms with E-state index in [2.05, 4.69) is 5.32 Å². The first kappa shape index (κ1) is 32.7. The summed E-state index contributed by atoms with van der Waals surface area (Å²) in [5, 5.41) is 4.00. The molecule has 0 spiro atoms. The number of sulfonamides is 1. The molecular formula is C30H34Cl3N3O4S. The maximum absolute atomic E-state index is 14.1. The number of halogens is 3. The molecule has 0 bridgehead atoms. The monoisotopic (exact) mass is 637 g/mol. The number of benzene rings is 3. The van der Waals surface area contributed by atoms with Crippen molar-refractivity contribution in [3.63, 3.8) is 0 Å². The Morgan fingerprint density at radius 3 is 2.20 bits per heavy atom.